The van der Waals surface area contributed by atoms with Gasteiger partial charge >= 0.3 is 6.18 Å². The lowest BCUT2D eigenvalue weighted by Crippen LogP contribution is -2.45. The maximum atomic E-state index is 12.8. The molecule has 1 atom stereocenters. The summed E-state index contributed by atoms with van der Waals surface area (Å²) in [6, 6.07) is 5.19. The maximum Gasteiger partial charge on any atom is 0.419 e. The second-order valence-electron chi connectivity index (χ2n) is 4.84. The van der Waals surface area contributed by atoms with Crippen molar-refractivity contribution in [3.8, 4) is 5.75 Å². The molecule has 23 heavy (non-hydrogen) atoms. The molecule has 0 radical (unpaired) electrons. The lowest BCUT2D eigenvalue weighted by molar-refractivity contribution is -0.138. The first-order chi connectivity index (χ1) is 10.9. The summed E-state index contributed by atoms with van der Waals surface area (Å²) in [5.41, 5.74) is -0.781. The van der Waals surface area contributed by atoms with E-state index in [9.17, 15) is 13.2 Å². The molecule has 0 aliphatic rings. The number of nitrogens with one attached hydrogen (secondary N) is 2. The Morgan fingerprint density at radius 2 is 2.00 bits per heavy atom. The highest BCUT2D eigenvalue weighted by atomic mass is 19.4. The first kappa shape index (κ1) is 19.1. The molecule has 8 heteroatoms. The topological polar surface area (TPSA) is 54.9 Å². The van der Waals surface area contributed by atoms with Crippen molar-refractivity contribution in [2.75, 3.05) is 33.9 Å². The third kappa shape index (κ3) is 6.77. The van der Waals surface area contributed by atoms with Gasteiger partial charge in [-0.2, -0.15) is 13.2 Å². The number of para-hydroxylation sites is 1. The number of hydrogen-bond acceptors (Lipinski definition) is 3. The van der Waals surface area contributed by atoms with E-state index in [1.165, 1.54) is 18.2 Å². The van der Waals surface area contributed by atoms with Gasteiger partial charge in [-0.15, -0.1) is 0 Å². The normalized spacial score (nSPS) is 13.6. The summed E-state index contributed by atoms with van der Waals surface area (Å²) in [5, 5.41) is 6.04. The number of methoxy groups -OCH3 is 1. The molecule has 0 fully saturated rings. The molecule has 1 unspecified atom stereocenters. The zero-order valence-electron chi connectivity index (χ0n) is 13.4. The van der Waals surface area contributed by atoms with Crippen molar-refractivity contribution in [2.45, 2.75) is 19.1 Å². The quantitative estimate of drug-likeness (QED) is 0.457. The Kier molecular flexibility index (Phi) is 7.67. The van der Waals surface area contributed by atoms with Gasteiger partial charge in [0.15, 0.2) is 5.96 Å². The van der Waals surface area contributed by atoms with Gasteiger partial charge < -0.3 is 20.1 Å². The van der Waals surface area contributed by atoms with Gasteiger partial charge in [0.05, 0.1) is 18.7 Å². The van der Waals surface area contributed by atoms with Crippen LogP contribution in [-0.2, 0) is 10.9 Å². The minimum atomic E-state index is -4.43. The maximum absolute atomic E-state index is 12.8. The molecule has 0 aromatic heterocycles. The first-order valence-corrected chi connectivity index (χ1v) is 7.13. The molecule has 0 saturated carbocycles. The second-order valence-corrected chi connectivity index (χ2v) is 4.84. The highest BCUT2D eigenvalue weighted by Gasteiger charge is 2.33. The van der Waals surface area contributed by atoms with Crippen LogP contribution in [0.1, 0.15) is 12.5 Å². The Bertz CT molecular complexity index is 507. The van der Waals surface area contributed by atoms with Gasteiger partial charge in [0.2, 0.25) is 0 Å². The van der Waals surface area contributed by atoms with Gasteiger partial charge in [-0.1, -0.05) is 12.1 Å². The molecule has 0 bridgehead atoms. The molecule has 1 aromatic rings. The van der Waals surface area contributed by atoms with Gasteiger partial charge in [0.1, 0.15) is 12.4 Å². The molecule has 2 N–H and O–H groups in total. The summed E-state index contributed by atoms with van der Waals surface area (Å²) in [4.78, 5) is 4.01. The lowest BCUT2D eigenvalue weighted by Gasteiger charge is -2.18. The van der Waals surface area contributed by atoms with E-state index in [1.54, 1.807) is 14.2 Å². The largest absolute Gasteiger partial charge is 0.491 e. The number of benzene rings is 1. The number of guanidine groups is 1. The Hall–Kier alpha value is -1.96. The summed E-state index contributed by atoms with van der Waals surface area (Å²) in [6.07, 6.45) is -4.43. The Balaban J connectivity index is 2.46. The summed E-state index contributed by atoms with van der Waals surface area (Å²) in [5.74, 6) is 0.347. The average Bonchev–Trinajstić information content (AvgIpc) is 2.50. The molecule has 0 heterocycles. The van der Waals surface area contributed by atoms with Crippen molar-refractivity contribution in [3.63, 3.8) is 0 Å². The Labute approximate surface area is 133 Å². The van der Waals surface area contributed by atoms with Crippen LogP contribution in [0.15, 0.2) is 29.3 Å². The van der Waals surface area contributed by atoms with Crippen LogP contribution in [-0.4, -0.2) is 45.9 Å². The molecule has 0 aliphatic carbocycles. The van der Waals surface area contributed by atoms with Crippen LogP contribution in [0.3, 0.4) is 0 Å². The van der Waals surface area contributed by atoms with E-state index >= 15 is 0 Å². The molecule has 5 nitrogen and oxygen atoms in total. The van der Waals surface area contributed by atoms with Crippen molar-refractivity contribution < 1.29 is 22.6 Å². The minimum Gasteiger partial charge on any atom is -0.491 e. The Morgan fingerprint density at radius 1 is 1.30 bits per heavy atom. The number of hydrogen-bond donors (Lipinski definition) is 2. The van der Waals surface area contributed by atoms with E-state index in [2.05, 4.69) is 15.6 Å². The standard InChI is InChI=1S/C15H22F3N3O2/c1-11(10-22-3)21-14(19-2)20-8-9-23-13-7-5-4-6-12(13)15(16,17)18/h4-7,11H,8-10H2,1-3H3,(H2,19,20,21). The van der Waals surface area contributed by atoms with Crippen molar-refractivity contribution in [1.29, 1.82) is 0 Å². The molecule has 0 amide bonds. The number of nitrogens with zero attached hydrogens (tertiary/aromatic N) is 1. The zero-order valence-corrected chi connectivity index (χ0v) is 13.4. The molecule has 0 spiro atoms. The van der Waals surface area contributed by atoms with E-state index in [0.29, 0.717) is 19.1 Å². The fourth-order valence-electron chi connectivity index (χ4n) is 1.88. The van der Waals surface area contributed by atoms with Crippen LogP contribution in [0.5, 0.6) is 5.75 Å². The Morgan fingerprint density at radius 3 is 2.61 bits per heavy atom. The van der Waals surface area contributed by atoms with Gasteiger partial charge in [0.25, 0.3) is 0 Å². The summed E-state index contributed by atoms with van der Waals surface area (Å²) >= 11 is 0. The molecular weight excluding hydrogens is 311 g/mol. The molecule has 1 aromatic carbocycles. The number of alkyl halides is 3. The zero-order chi connectivity index (χ0) is 17.3. The predicted octanol–water partition coefficient (Wildman–Crippen LogP) is 2.28. The van der Waals surface area contributed by atoms with Crippen LogP contribution in [0.2, 0.25) is 0 Å². The fourth-order valence-corrected chi connectivity index (χ4v) is 1.88. The second kappa shape index (κ2) is 9.24. The van der Waals surface area contributed by atoms with Crippen molar-refractivity contribution in [2.24, 2.45) is 4.99 Å². The van der Waals surface area contributed by atoms with E-state index in [1.807, 2.05) is 6.92 Å². The predicted molar refractivity (Wildman–Crippen MR) is 82.8 cm³/mol. The van der Waals surface area contributed by atoms with Crippen LogP contribution in [0.25, 0.3) is 0 Å². The smallest absolute Gasteiger partial charge is 0.419 e. The van der Waals surface area contributed by atoms with Gasteiger partial charge in [0, 0.05) is 20.2 Å². The van der Waals surface area contributed by atoms with Crippen LogP contribution in [0.4, 0.5) is 13.2 Å². The number of aliphatic imine (C=N–C) groups is 1. The minimum absolute atomic E-state index is 0.0538. The summed E-state index contributed by atoms with van der Waals surface area (Å²) in [6.45, 7) is 2.82. The fraction of sp³-hybridized carbons (Fsp3) is 0.533. The highest BCUT2D eigenvalue weighted by Crippen LogP contribution is 2.35. The number of rotatable bonds is 7. The van der Waals surface area contributed by atoms with E-state index in [-0.39, 0.29) is 18.4 Å². The molecular formula is C15H22F3N3O2. The highest BCUT2D eigenvalue weighted by molar-refractivity contribution is 5.79. The summed E-state index contributed by atoms with van der Waals surface area (Å²) < 4.78 is 48.7. The lowest BCUT2D eigenvalue weighted by atomic mass is 10.2. The van der Waals surface area contributed by atoms with Gasteiger partial charge in [-0.25, -0.2) is 0 Å². The molecule has 0 saturated heterocycles. The van der Waals surface area contributed by atoms with Gasteiger partial charge in [-0.3, -0.25) is 4.99 Å². The monoisotopic (exact) mass is 333 g/mol. The molecule has 0 aliphatic heterocycles. The first-order valence-electron chi connectivity index (χ1n) is 7.13. The number of ether oxygens (including phenoxy) is 2. The van der Waals surface area contributed by atoms with Crippen LogP contribution < -0.4 is 15.4 Å². The van der Waals surface area contributed by atoms with Crippen LogP contribution >= 0.6 is 0 Å². The van der Waals surface area contributed by atoms with Crippen molar-refractivity contribution in [3.05, 3.63) is 29.8 Å². The average molecular weight is 333 g/mol. The summed E-state index contributed by atoms with van der Waals surface area (Å²) in [7, 11) is 3.20. The number of halogens is 3. The SMILES string of the molecule is CN=C(NCCOc1ccccc1C(F)(F)F)NC(C)COC. The van der Waals surface area contributed by atoms with E-state index in [4.69, 9.17) is 9.47 Å². The van der Waals surface area contributed by atoms with Gasteiger partial charge in [-0.05, 0) is 19.1 Å². The van der Waals surface area contributed by atoms with E-state index < -0.39 is 11.7 Å². The van der Waals surface area contributed by atoms with Crippen LogP contribution in [0, 0.1) is 0 Å². The van der Waals surface area contributed by atoms with E-state index in [0.717, 1.165) is 6.07 Å². The molecule has 1 rings (SSSR count). The van der Waals surface area contributed by atoms with Crippen molar-refractivity contribution in [1.82, 2.24) is 10.6 Å². The molecule has 130 valence electrons. The van der Waals surface area contributed by atoms with Crippen molar-refractivity contribution >= 4 is 5.96 Å². The third-order valence-electron chi connectivity index (χ3n) is 2.87. The third-order valence-corrected chi connectivity index (χ3v) is 2.87.